The number of furan rings is 2. The van der Waals surface area contributed by atoms with Gasteiger partial charge in [-0.15, -0.1) is 0 Å². The molecule has 21 heavy (non-hydrogen) atoms. The molecule has 2 aromatic rings. The molecule has 1 unspecified atom stereocenters. The predicted molar refractivity (Wildman–Crippen MR) is 78.4 cm³/mol. The number of aryl methyl sites for hydroxylation is 2. The van der Waals surface area contributed by atoms with Crippen LogP contribution in [0.1, 0.15) is 36.0 Å². The van der Waals surface area contributed by atoms with Crippen molar-refractivity contribution in [3.63, 3.8) is 0 Å². The third-order valence-electron chi connectivity index (χ3n) is 3.08. The molecule has 0 bridgehead atoms. The van der Waals surface area contributed by atoms with Gasteiger partial charge in [-0.2, -0.15) is 0 Å². The zero-order valence-electron chi connectivity index (χ0n) is 12.6. The summed E-state index contributed by atoms with van der Waals surface area (Å²) in [6.45, 7) is 5.66. The maximum absolute atomic E-state index is 12.4. The van der Waals surface area contributed by atoms with E-state index >= 15 is 0 Å². The van der Waals surface area contributed by atoms with Gasteiger partial charge in [0.2, 0.25) is 10.0 Å². The third kappa shape index (κ3) is 3.55. The van der Waals surface area contributed by atoms with Crippen LogP contribution >= 0.6 is 0 Å². The van der Waals surface area contributed by atoms with Crippen LogP contribution in [0.15, 0.2) is 31.9 Å². The van der Waals surface area contributed by atoms with Crippen LogP contribution in [-0.2, 0) is 16.6 Å². The van der Waals surface area contributed by atoms with Crippen molar-refractivity contribution in [1.82, 2.24) is 10.0 Å². The molecule has 116 valence electrons. The first-order chi connectivity index (χ1) is 9.83. The van der Waals surface area contributed by atoms with E-state index in [0.29, 0.717) is 23.8 Å². The summed E-state index contributed by atoms with van der Waals surface area (Å²) >= 11 is 0. The summed E-state index contributed by atoms with van der Waals surface area (Å²) in [5.41, 5.74) is 0. The zero-order valence-corrected chi connectivity index (χ0v) is 13.4. The molecule has 0 saturated heterocycles. The Labute approximate surface area is 124 Å². The number of rotatable bonds is 6. The van der Waals surface area contributed by atoms with E-state index in [0.717, 1.165) is 5.76 Å². The maximum Gasteiger partial charge on any atom is 0.244 e. The van der Waals surface area contributed by atoms with Gasteiger partial charge in [-0.05, 0) is 40.0 Å². The SMILES string of the molecule is CNCc1cc(S(=O)(=O)NC(C)c2ccc(C)o2)c(C)o1. The molecule has 7 heteroatoms. The molecule has 0 aliphatic carbocycles. The van der Waals surface area contributed by atoms with Crippen LogP contribution in [0.4, 0.5) is 0 Å². The summed E-state index contributed by atoms with van der Waals surface area (Å²) in [5.74, 6) is 2.27. The van der Waals surface area contributed by atoms with Crippen molar-refractivity contribution >= 4 is 10.0 Å². The molecule has 1 atom stereocenters. The van der Waals surface area contributed by atoms with E-state index in [1.807, 2.05) is 6.92 Å². The lowest BCUT2D eigenvalue weighted by Gasteiger charge is -2.11. The molecule has 0 fully saturated rings. The summed E-state index contributed by atoms with van der Waals surface area (Å²) in [6, 6.07) is 4.64. The first-order valence-corrected chi connectivity index (χ1v) is 8.14. The van der Waals surface area contributed by atoms with Gasteiger partial charge in [-0.3, -0.25) is 0 Å². The predicted octanol–water partition coefficient (Wildman–Crippen LogP) is 2.25. The molecule has 2 aromatic heterocycles. The lowest BCUT2D eigenvalue weighted by molar-refractivity contribution is 0.440. The molecule has 0 aliphatic heterocycles. The second-order valence-corrected chi connectivity index (χ2v) is 6.64. The van der Waals surface area contributed by atoms with E-state index in [-0.39, 0.29) is 4.90 Å². The van der Waals surface area contributed by atoms with Gasteiger partial charge in [0.25, 0.3) is 0 Å². The van der Waals surface area contributed by atoms with Crippen LogP contribution in [-0.4, -0.2) is 15.5 Å². The Bertz CT molecular complexity index is 715. The van der Waals surface area contributed by atoms with Crippen molar-refractivity contribution in [2.75, 3.05) is 7.05 Å². The van der Waals surface area contributed by atoms with Crippen molar-refractivity contribution in [2.24, 2.45) is 0 Å². The van der Waals surface area contributed by atoms with E-state index < -0.39 is 16.1 Å². The summed E-state index contributed by atoms with van der Waals surface area (Å²) in [6.07, 6.45) is 0. The fraction of sp³-hybridized carbons (Fsp3) is 0.429. The maximum atomic E-state index is 12.4. The van der Waals surface area contributed by atoms with E-state index in [1.54, 1.807) is 33.0 Å². The molecule has 0 spiro atoms. The van der Waals surface area contributed by atoms with Gasteiger partial charge in [-0.1, -0.05) is 0 Å². The third-order valence-corrected chi connectivity index (χ3v) is 4.73. The van der Waals surface area contributed by atoms with Gasteiger partial charge in [0.1, 0.15) is 27.9 Å². The van der Waals surface area contributed by atoms with Crippen molar-refractivity contribution in [3.8, 4) is 0 Å². The Balaban J connectivity index is 2.22. The summed E-state index contributed by atoms with van der Waals surface area (Å²) < 4.78 is 38.3. The smallest absolute Gasteiger partial charge is 0.244 e. The van der Waals surface area contributed by atoms with Gasteiger partial charge in [0, 0.05) is 6.07 Å². The Hall–Kier alpha value is -1.57. The molecule has 2 N–H and O–H groups in total. The second-order valence-electron chi connectivity index (χ2n) is 4.95. The standard InChI is InChI=1S/C14H20N2O4S/c1-9-5-6-13(19-9)10(2)16-21(17,18)14-7-12(8-15-4)20-11(14)3/h5-7,10,15-16H,8H2,1-4H3. The molecule has 0 aromatic carbocycles. The van der Waals surface area contributed by atoms with Gasteiger partial charge < -0.3 is 14.2 Å². The van der Waals surface area contributed by atoms with Crippen molar-refractivity contribution < 1.29 is 17.3 Å². The van der Waals surface area contributed by atoms with E-state index in [2.05, 4.69) is 10.0 Å². The minimum atomic E-state index is -3.66. The van der Waals surface area contributed by atoms with Crippen LogP contribution in [0, 0.1) is 13.8 Å². The minimum Gasteiger partial charge on any atom is -0.465 e. The molecular weight excluding hydrogens is 292 g/mol. The lowest BCUT2D eigenvalue weighted by atomic mass is 10.3. The lowest BCUT2D eigenvalue weighted by Crippen LogP contribution is -2.26. The van der Waals surface area contributed by atoms with Crippen LogP contribution in [0.5, 0.6) is 0 Å². The molecular formula is C14H20N2O4S. The van der Waals surface area contributed by atoms with Gasteiger partial charge in [0.15, 0.2) is 0 Å². The minimum absolute atomic E-state index is 0.155. The van der Waals surface area contributed by atoms with Crippen molar-refractivity contribution in [1.29, 1.82) is 0 Å². The van der Waals surface area contributed by atoms with Crippen LogP contribution in [0.2, 0.25) is 0 Å². The molecule has 2 heterocycles. The summed E-state index contributed by atoms with van der Waals surface area (Å²) in [7, 11) is -1.89. The average molecular weight is 312 g/mol. The van der Waals surface area contributed by atoms with Crippen LogP contribution < -0.4 is 10.0 Å². The highest BCUT2D eigenvalue weighted by atomic mass is 32.2. The van der Waals surface area contributed by atoms with E-state index in [1.165, 1.54) is 6.07 Å². The van der Waals surface area contributed by atoms with Crippen molar-refractivity contribution in [3.05, 3.63) is 41.2 Å². The second kappa shape index (κ2) is 6.05. The highest BCUT2D eigenvalue weighted by Crippen LogP contribution is 2.23. The van der Waals surface area contributed by atoms with E-state index in [9.17, 15) is 8.42 Å². The normalized spacial score (nSPS) is 13.5. The molecule has 0 aliphatic rings. The quantitative estimate of drug-likeness (QED) is 0.854. The Kier molecular flexibility index (Phi) is 4.55. The van der Waals surface area contributed by atoms with E-state index in [4.69, 9.17) is 8.83 Å². The molecule has 0 radical (unpaired) electrons. The molecule has 2 rings (SSSR count). The Morgan fingerprint density at radius 2 is 1.95 bits per heavy atom. The average Bonchev–Trinajstić information content (AvgIpc) is 2.96. The highest BCUT2D eigenvalue weighted by molar-refractivity contribution is 7.89. The van der Waals surface area contributed by atoms with Gasteiger partial charge in [0.05, 0.1) is 12.6 Å². The monoisotopic (exact) mass is 312 g/mol. The summed E-state index contributed by atoms with van der Waals surface area (Å²) in [5, 5.41) is 2.92. The molecule has 0 saturated carbocycles. The fourth-order valence-corrected chi connectivity index (χ4v) is 3.51. The van der Waals surface area contributed by atoms with Crippen LogP contribution in [0.3, 0.4) is 0 Å². The Morgan fingerprint density at radius 1 is 1.24 bits per heavy atom. The largest absolute Gasteiger partial charge is 0.465 e. The molecule has 6 nitrogen and oxygen atoms in total. The number of hydrogen-bond acceptors (Lipinski definition) is 5. The van der Waals surface area contributed by atoms with Gasteiger partial charge >= 0.3 is 0 Å². The van der Waals surface area contributed by atoms with Crippen LogP contribution in [0.25, 0.3) is 0 Å². The highest BCUT2D eigenvalue weighted by Gasteiger charge is 2.24. The molecule has 0 amide bonds. The van der Waals surface area contributed by atoms with Crippen molar-refractivity contribution in [2.45, 2.75) is 38.3 Å². The first-order valence-electron chi connectivity index (χ1n) is 6.66. The first kappa shape index (κ1) is 15.8. The number of nitrogens with one attached hydrogen (secondary N) is 2. The zero-order chi connectivity index (χ0) is 15.6. The Morgan fingerprint density at radius 3 is 2.52 bits per heavy atom. The van der Waals surface area contributed by atoms with Gasteiger partial charge in [-0.25, -0.2) is 13.1 Å². The number of hydrogen-bond donors (Lipinski definition) is 2. The number of sulfonamides is 1. The summed E-state index contributed by atoms with van der Waals surface area (Å²) in [4.78, 5) is 0.155. The topological polar surface area (TPSA) is 84.5 Å². The fourth-order valence-electron chi connectivity index (χ4n) is 2.09.